The monoisotopic (exact) mass is 325 g/mol. The van der Waals surface area contributed by atoms with Gasteiger partial charge in [0.15, 0.2) is 5.13 Å². The molecule has 0 saturated carbocycles. The number of hydrogen-bond acceptors (Lipinski definition) is 5. The maximum absolute atomic E-state index is 10.6. The van der Waals surface area contributed by atoms with Gasteiger partial charge in [-0.3, -0.25) is 4.79 Å². The Labute approximate surface area is 137 Å². The van der Waals surface area contributed by atoms with Crippen molar-refractivity contribution in [3.63, 3.8) is 0 Å². The zero-order valence-corrected chi connectivity index (χ0v) is 13.1. The van der Waals surface area contributed by atoms with Gasteiger partial charge >= 0.3 is 5.97 Å². The van der Waals surface area contributed by atoms with Crippen LogP contribution in [0.1, 0.15) is 12.0 Å². The lowest BCUT2D eigenvalue weighted by Crippen LogP contribution is -1.97. The molecule has 0 fully saturated rings. The van der Waals surface area contributed by atoms with Crippen molar-refractivity contribution in [3.8, 4) is 11.3 Å². The van der Waals surface area contributed by atoms with E-state index in [9.17, 15) is 4.79 Å². The first-order valence-electron chi connectivity index (χ1n) is 7.15. The van der Waals surface area contributed by atoms with E-state index in [0.29, 0.717) is 6.42 Å². The number of carboxylic acids is 1. The van der Waals surface area contributed by atoms with Gasteiger partial charge in [0.1, 0.15) is 5.82 Å². The van der Waals surface area contributed by atoms with Crippen LogP contribution in [0.4, 0.5) is 10.9 Å². The molecule has 0 aliphatic rings. The molecule has 2 N–H and O–H groups in total. The molecule has 3 aromatic rings. The van der Waals surface area contributed by atoms with E-state index in [2.05, 4.69) is 15.3 Å². The van der Waals surface area contributed by atoms with Crippen molar-refractivity contribution in [2.45, 2.75) is 12.8 Å². The number of carbonyl (C=O) groups is 1. The SMILES string of the molecule is O=C(O)CCc1ccc(-c2csc(Nc3ccccn3)n2)cc1. The minimum Gasteiger partial charge on any atom is -0.481 e. The average Bonchev–Trinajstić information content (AvgIpc) is 3.03. The molecule has 0 spiro atoms. The van der Waals surface area contributed by atoms with Gasteiger partial charge in [-0.2, -0.15) is 0 Å². The van der Waals surface area contributed by atoms with Crippen LogP contribution in [0.15, 0.2) is 54.0 Å². The first-order valence-corrected chi connectivity index (χ1v) is 8.03. The molecule has 5 nitrogen and oxygen atoms in total. The van der Waals surface area contributed by atoms with E-state index < -0.39 is 5.97 Å². The van der Waals surface area contributed by atoms with Gasteiger partial charge in [0.25, 0.3) is 0 Å². The first-order chi connectivity index (χ1) is 11.2. The second kappa shape index (κ2) is 7.02. The van der Waals surface area contributed by atoms with E-state index in [1.54, 1.807) is 6.20 Å². The lowest BCUT2D eigenvalue weighted by atomic mass is 10.1. The summed E-state index contributed by atoms with van der Waals surface area (Å²) >= 11 is 1.52. The Bertz CT molecular complexity index is 785. The van der Waals surface area contributed by atoms with Crippen LogP contribution >= 0.6 is 11.3 Å². The van der Waals surface area contributed by atoms with Gasteiger partial charge in [-0.25, -0.2) is 9.97 Å². The standard InChI is InChI=1S/C17H15N3O2S/c21-16(22)9-6-12-4-7-13(8-5-12)14-11-23-17(19-14)20-15-3-1-2-10-18-15/h1-5,7-8,10-11H,6,9H2,(H,21,22)(H,18,19,20). The largest absolute Gasteiger partial charge is 0.481 e. The molecule has 0 saturated heterocycles. The van der Waals surface area contributed by atoms with Crippen molar-refractivity contribution in [3.05, 3.63) is 59.6 Å². The third-order valence-corrected chi connectivity index (χ3v) is 4.04. The van der Waals surface area contributed by atoms with Crippen LogP contribution in [0.25, 0.3) is 11.3 Å². The Kier molecular flexibility index (Phi) is 4.63. The summed E-state index contributed by atoms with van der Waals surface area (Å²) in [5.41, 5.74) is 2.91. The van der Waals surface area contributed by atoms with E-state index in [1.807, 2.05) is 47.8 Å². The highest BCUT2D eigenvalue weighted by Gasteiger charge is 2.06. The fourth-order valence-electron chi connectivity index (χ4n) is 2.10. The van der Waals surface area contributed by atoms with Crippen molar-refractivity contribution in [2.24, 2.45) is 0 Å². The molecule has 6 heteroatoms. The van der Waals surface area contributed by atoms with Crippen molar-refractivity contribution in [2.75, 3.05) is 5.32 Å². The van der Waals surface area contributed by atoms with Crippen LogP contribution < -0.4 is 5.32 Å². The smallest absolute Gasteiger partial charge is 0.303 e. The fraction of sp³-hybridized carbons (Fsp3) is 0.118. The Morgan fingerprint density at radius 3 is 2.70 bits per heavy atom. The van der Waals surface area contributed by atoms with Crippen LogP contribution in [0.3, 0.4) is 0 Å². The summed E-state index contributed by atoms with van der Waals surface area (Å²) in [4.78, 5) is 19.4. The van der Waals surface area contributed by atoms with Gasteiger partial charge in [0.2, 0.25) is 0 Å². The molecule has 0 bridgehead atoms. The van der Waals surface area contributed by atoms with Crippen LogP contribution in [-0.2, 0) is 11.2 Å². The van der Waals surface area contributed by atoms with Crippen LogP contribution in [0.2, 0.25) is 0 Å². The molecule has 2 aromatic heterocycles. The Hall–Kier alpha value is -2.73. The maximum atomic E-state index is 10.6. The highest BCUT2D eigenvalue weighted by Crippen LogP contribution is 2.26. The number of nitrogens with one attached hydrogen (secondary N) is 1. The van der Waals surface area contributed by atoms with E-state index in [1.165, 1.54) is 11.3 Å². The third-order valence-electron chi connectivity index (χ3n) is 3.28. The number of hydrogen-bond donors (Lipinski definition) is 2. The van der Waals surface area contributed by atoms with Gasteiger partial charge in [-0.15, -0.1) is 11.3 Å². The molecule has 23 heavy (non-hydrogen) atoms. The molecular formula is C17H15N3O2S. The molecule has 0 aliphatic carbocycles. The molecule has 116 valence electrons. The van der Waals surface area contributed by atoms with Gasteiger partial charge in [-0.1, -0.05) is 30.3 Å². The maximum Gasteiger partial charge on any atom is 0.303 e. The van der Waals surface area contributed by atoms with Crippen molar-refractivity contribution in [1.82, 2.24) is 9.97 Å². The predicted molar refractivity (Wildman–Crippen MR) is 91.0 cm³/mol. The molecule has 3 rings (SSSR count). The number of thiazole rings is 1. The van der Waals surface area contributed by atoms with Gasteiger partial charge in [0.05, 0.1) is 5.69 Å². The van der Waals surface area contributed by atoms with Crippen molar-refractivity contribution in [1.29, 1.82) is 0 Å². The quantitative estimate of drug-likeness (QED) is 0.717. The fourth-order valence-corrected chi connectivity index (χ4v) is 2.83. The van der Waals surface area contributed by atoms with Gasteiger partial charge in [-0.05, 0) is 24.1 Å². The highest BCUT2D eigenvalue weighted by atomic mass is 32.1. The number of aliphatic carboxylic acids is 1. The molecule has 2 heterocycles. The normalized spacial score (nSPS) is 10.4. The lowest BCUT2D eigenvalue weighted by molar-refractivity contribution is -0.136. The second-order valence-corrected chi connectivity index (χ2v) is 5.83. The molecule has 0 unspecified atom stereocenters. The summed E-state index contributed by atoms with van der Waals surface area (Å²) in [6.07, 6.45) is 2.42. The van der Waals surface area contributed by atoms with Crippen LogP contribution in [0.5, 0.6) is 0 Å². The number of benzene rings is 1. The number of rotatable bonds is 6. The van der Waals surface area contributed by atoms with Crippen LogP contribution in [-0.4, -0.2) is 21.0 Å². The molecule has 0 radical (unpaired) electrons. The van der Waals surface area contributed by atoms with Crippen molar-refractivity contribution < 1.29 is 9.90 Å². The zero-order chi connectivity index (χ0) is 16.1. The number of carboxylic acid groups (broad SMARTS) is 1. The zero-order valence-electron chi connectivity index (χ0n) is 12.3. The summed E-state index contributed by atoms with van der Waals surface area (Å²) in [6.45, 7) is 0. The molecule has 1 aromatic carbocycles. The Morgan fingerprint density at radius 2 is 2.00 bits per heavy atom. The number of aromatic nitrogens is 2. The number of aryl methyl sites for hydroxylation is 1. The highest BCUT2D eigenvalue weighted by molar-refractivity contribution is 7.14. The summed E-state index contributed by atoms with van der Waals surface area (Å²) in [6, 6.07) is 13.5. The molecular weight excluding hydrogens is 310 g/mol. The topological polar surface area (TPSA) is 75.1 Å². The summed E-state index contributed by atoms with van der Waals surface area (Å²) in [5.74, 6) is -0.0174. The summed E-state index contributed by atoms with van der Waals surface area (Å²) < 4.78 is 0. The minimum absolute atomic E-state index is 0.147. The van der Waals surface area contributed by atoms with Gasteiger partial charge < -0.3 is 10.4 Å². The number of pyridine rings is 1. The predicted octanol–water partition coefficient (Wildman–Crippen LogP) is 3.97. The summed E-state index contributed by atoms with van der Waals surface area (Å²) in [5, 5.41) is 14.6. The number of anilines is 2. The lowest BCUT2D eigenvalue weighted by Gasteiger charge is -2.02. The molecule has 0 amide bonds. The number of nitrogens with zero attached hydrogens (tertiary/aromatic N) is 2. The van der Waals surface area contributed by atoms with E-state index in [0.717, 1.165) is 27.8 Å². The van der Waals surface area contributed by atoms with Crippen molar-refractivity contribution >= 4 is 28.3 Å². The third kappa shape index (κ3) is 4.14. The Balaban J connectivity index is 1.69. The minimum atomic E-state index is -0.779. The second-order valence-electron chi connectivity index (χ2n) is 4.97. The summed E-state index contributed by atoms with van der Waals surface area (Å²) in [7, 11) is 0. The average molecular weight is 325 g/mol. The molecule has 0 aliphatic heterocycles. The first kappa shape index (κ1) is 15.2. The van der Waals surface area contributed by atoms with Crippen LogP contribution in [0, 0.1) is 0 Å². The molecule has 0 atom stereocenters. The van der Waals surface area contributed by atoms with Gasteiger partial charge in [0, 0.05) is 23.6 Å². The van der Waals surface area contributed by atoms with E-state index in [-0.39, 0.29) is 6.42 Å². The van der Waals surface area contributed by atoms with E-state index >= 15 is 0 Å². The van der Waals surface area contributed by atoms with E-state index in [4.69, 9.17) is 5.11 Å². The Morgan fingerprint density at radius 1 is 1.17 bits per heavy atom.